The zero-order valence-corrected chi connectivity index (χ0v) is 15.4. The van der Waals surface area contributed by atoms with Gasteiger partial charge in [-0.25, -0.2) is 4.98 Å². The lowest BCUT2D eigenvalue weighted by Gasteiger charge is -2.13. The van der Waals surface area contributed by atoms with Gasteiger partial charge in [-0.3, -0.25) is 15.1 Å². The van der Waals surface area contributed by atoms with Crippen LogP contribution in [-0.2, 0) is 6.61 Å². The zero-order valence-electron chi connectivity index (χ0n) is 14.6. The van der Waals surface area contributed by atoms with Crippen molar-refractivity contribution in [2.24, 2.45) is 0 Å². The second kappa shape index (κ2) is 8.44. The van der Waals surface area contributed by atoms with E-state index in [2.05, 4.69) is 15.3 Å². The minimum absolute atomic E-state index is 0.235. The Kier molecular flexibility index (Phi) is 5.80. The van der Waals surface area contributed by atoms with Crippen LogP contribution < -0.4 is 14.8 Å². The number of rotatable bonds is 7. The summed E-state index contributed by atoms with van der Waals surface area (Å²) >= 11 is 1.43. The van der Waals surface area contributed by atoms with Crippen LogP contribution in [0.2, 0.25) is 0 Å². The van der Waals surface area contributed by atoms with E-state index in [0.29, 0.717) is 35.4 Å². The van der Waals surface area contributed by atoms with E-state index in [1.165, 1.54) is 11.3 Å². The smallest absolute Gasteiger partial charge is 0.257 e. The molecule has 0 fully saturated rings. The fraction of sp³-hybridized carbons (Fsp3) is 0.211. The highest BCUT2D eigenvalue weighted by molar-refractivity contribution is 7.15. The zero-order chi connectivity index (χ0) is 18.4. The first-order chi connectivity index (χ1) is 12.7. The number of amides is 1. The molecule has 0 unspecified atom stereocenters. The Morgan fingerprint density at radius 2 is 1.96 bits per heavy atom. The van der Waals surface area contributed by atoms with Crippen molar-refractivity contribution in [3.05, 3.63) is 64.9 Å². The molecule has 7 heteroatoms. The number of ether oxygens (including phenoxy) is 2. The monoisotopic (exact) mass is 369 g/mol. The number of carbonyl (C=O) groups is 1. The second-order valence-corrected chi connectivity index (χ2v) is 6.70. The number of hydrogen-bond donors (Lipinski definition) is 1. The van der Waals surface area contributed by atoms with Crippen molar-refractivity contribution in [3.8, 4) is 11.5 Å². The Morgan fingerprint density at radius 3 is 2.65 bits per heavy atom. The summed E-state index contributed by atoms with van der Waals surface area (Å²) in [5, 5.41) is 3.36. The molecule has 0 aliphatic carbocycles. The van der Waals surface area contributed by atoms with Crippen LogP contribution >= 0.6 is 11.3 Å². The van der Waals surface area contributed by atoms with Gasteiger partial charge in [-0.1, -0.05) is 0 Å². The van der Waals surface area contributed by atoms with Gasteiger partial charge in [0.05, 0.1) is 6.61 Å². The van der Waals surface area contributed by atoms with E-state index in [4.69, 9.17) is 9.47 Å². The number of carbonyl (C=O) groups excluding carboxylic acids is 1. The standard InChI is InChI=1S/C19H19N3O3S/c1-3-24-17-10-15(18(23)22-19-21-11-13(2)26-19)4-5-16(17)25-12-14-6-8-20-9-7-14/h4-11H,3,12H2,1-2H3,(H,21,22,23). The molecule has 0 saturated carbocycles. The molecule has 0 aliphatic heterocycles. The van der Waals surface area contributed by atoms with E-state index in [-0.39, 0.29) is 5.91 Å². The molecule has 3 aromatic rings. The number of benzene rings is 1. The van der Waals surface area contributed by atoms with Crippen LogP contribution in [0.5, 0.6) is 11.5 Å². The Hall–Kier alpha value is -2.93. The minimum atomic E-state index is -0.235. The molecule has 0 bridgehead atoms. The third kappa shape index (κ3) is 4.58. The predicted molar refractivity (Wildman–Crippen MR) is 101 cm³/mol. The summed E-state index contributed by atoms with van der Waals surface area (Å²) in [5.74, 6) is 0.885. The molecule has 0 radical (unpaired) electrons. The normalized spacial score (nSPS) is 10.4. The number of nitrogens with zero attached hydrogens (tertiary/aromatic N) is 2. The summed E-state index contributed by atoms with van der Waals surface area (Å²) < 4.78 is 11.5. The van der Waals surface area contributed by atoms with Gasteiger partial charge in [0.15, 0.2) is 16.6 Å². The van der Waals surface area contributed by atoms with Crippen LogP contribution in [0.4, 0.5) is 5.13 Å². The van der Waals surface area contributed by atoms with Crippen molar-refractivity contribution < 1.29 is 14.3 Å². The third-order valence-electron chi connectivity index (χ3n) is 3.49. The highest BCUT2D eigenvalue weighted by atomic mass is 32.1. The van der Waals surface area contributed by atoms with E-state index < -0.39 is 0 Å². The van der Waals surface area contributed by atoms with Gasteiger partial charge in [0.1, 0.15) is 6.61 Å². The van der Waals surface area contributed by atoms with Gasteiger partial charge in [-0.15, -0.1) is 11.3 Å². The highest BCUT2D eigenvalue weighted by Crippen LogP contribution is 2.30. The van der Waals surface area contributed by atoms with Gasteiger partial charge in [0.2, 0.25) is 0 Å². The number of pyridine rings is 1. The van der Waals surface area contributed by atoms with Crippen LogP contribution in [-0.4, -0.2) is 22.5 Å². The lowest BCUT2D eigenvalue weighted by atomic mass is 10.2. The summed E-state index contributed by atoms with van der Waals surface area (Å²) in [6, 6.07) is 8.91. The number of thiazole rings is 1. The number of aryl methyl sites for hydroxylation is 1. The second-order valence-electron chi connectivity index (χ2n) is 5.47. The van der Waals surface area contributed by atoms with Gasteiger partial charge < -0.3 is 9.47 Å². The van der Waals surface area contributed by atoms with Crippen LogP contribution in [0.25, 0.3) is 0 Å². The lowest BCUT2D eigenvalue weighted by Crippen LogP contribution is -2.12. The summed E-state index contributed by atoms with van der Waals surface area (Å²) in [7, 11) is 0. The van der Waals surface area contributed by atoms with Crippen molar-refractivity contribution >= 4 is 22.4 Å². The molecule has 1 amide bonds. The molecular weight excluding hydrogens is 350 g/mol. The third-order valence-corrected chi connectivity index (χ3v) is 4.32. The van der Waals surface area contributed by atoms with Crippen molar-refractivity contribution in [2.75, 3.05) is 11.9 Å². The molecule has 1 aromatic carbocycles. The van der Waals surface area contributed by atoms with E-state index in [1.54, 1.807) is 36.8 Å². The van der Waals surface area contributed by atoms with Crippen LogP contribution in [0, 0.1) is 6.92 Å². The quantitative estimate of drug-likeness (QED) is 0.679. The van der Waals surface area contributed by atoms with Gasteiger partial charge >= 0.3 is 0 Å². The predicted octanol–water partition coefficient (Wildman–Crippen LogP) is 4.08. The molecule has 0 saturated heterocycles. The maximum Gasteiger partial charge on any atom is 0.257 e. The number of aromatic nitrogens is 2. The Balaban J connectivity index is 1.74. The summed E-state index contributed by atoms with van der Waals surface area (Å²) in [6.45, 7) is 4.70. The first-order valence-corrected chi connectivity index (χ1v) is 8.99. The molecule has 0 aliphatic rings. The topological polar surface area (TPSA) is 73.3 Å². The average molecular weight is 369 g/mol. The Bertz CT molecular complexity index is 881. The largest absolute Gasteiger partial charge is 0.490 e. The number of anilines is 1. The molecule has 26 heavy (non-hydrogen) atoms. The lowest BCUT2D eigenvalue weighted by molar-refractivity contribution is 0.102. The van der Waals surface area contributed by atoms with Gasteiger partial charge in [0, 0.05) is 29.0 Å². The van der Waals surface area contributed by atoms with E-state index >= 15 is 0 Å². The van der Waals surface area contributed by atoms with E-state index in [1.807, 2.05) is 26.0 Å². The van der Waals surface area contributed by atoms with Crippen molar-refractivity contribution in [3.63, 3.8) is 0 Å². The van der Waals surface area contributed by atoms with Crippen molar-refractivity contribution in [1.29, 1.82) is 0 Å². The van der Waals surface area contributed by atoms with Crippen molar-refractivity contribution in [2.45, 2.75) is 20.5 Å². The first kappa shape index (κ1) is 17.9. The Labute approximate surface area is 155 Å². The maximum atomic E-state index is 12.4. The molecule has 1 N–H and O–H groups in total. The van der Waals surface area contributed by atoms with E-state index in [9.17, 15) is 4.79 Å². The molecule has 0 atom stereocenters. The van der Waals surface area contributed by atoms with Crippen LogP contribution in [0.3, 0.4) is 0 Å². The molecule has 6 nitrogen and oxygen atoms in total. The molecule has 134 valence electrons. The summed E-state index contributed by atoms with van der Waals surface area (Å²) in [6.07, 6.45) is 5.16. The fourth-order valence-corrected chi connectivity index (χ4v) is 2.92. The first-order valence-electron chi connectivity index (χ1n) is 8.18. The van der Waals surface area contributed by atoms with Gasteiger partial charge in [0.25, 0.3) is 5.91 Å². The summed E-state index contributed by atoms with van der Waals surface area (Å²) in [5.41, 5.74) is 1.49. The van der Waals surface area contributed by atoms with E-state index in [0.717, 1.165) is 10.4 Å². The molecule has 0 spiro atoms. The van der Waals surface area contributed by atoms with Gasteiger partial charge in [-0.05, 0) is 49.7 Å². The summed E-state index contributed by atoms with van der Waals surface area (Å²) in [4.78, 5) is 21.6. The maximum absolute atomic E-state index is 12.4. The Morgan fingerprint density at radius 1 is 1.15 bits per heavy atom. The number of hydrogen-bond acceptors (Lipinski definition) is 6. The molecular formula is C19H19N3O3S. The number of nitrogens with one attached hydrogen (secondary N) is 1. The average Bonchev–Trinajstić information content (AvgIpc) is 3.06. The molecule has 2 heterocycles. The molecule has 2 aromatic heterocycles. The molecule has 3 rings (SSSR count). The van der Waals surface area contributed by atoms with Gasteiger partial charge in [-0.2, -0.15) is 0 Å². The highest BCUT2D eigenvalue weighted by Gasteiger charge is 2.13. The van der Waals surface area contributed by atoms with Crippen LogP contribution in [0.1, 0.15) is 27.7 Å². The minimum Gasteiger partial charge on any atom is -0.490 e. The van der Waals surface area contributed by atoms with Crippen LogP contribution in [0.15, 0.2) is 48.9 Å². The fourth-order valence-electron chi connectivity index (χ4n) is 2.26. The SMILES string of the molecule is CCOc1cc(C(=O)Nc2ncc(C)s2)ccc1OCc1ccncc1. The van der Waals surface area contributed by atoms with Crippen molar-refractivity contribution in [1.82, 2.24) is 9.97 Å².